The zero-order valence-electron chi connectivity index (χ0n) is 11.1. The molecule has 1 fully saturated rings. The van der Waals surface area contributed by atoms with Gasteiger partial charge in [0.25, 0.3) is 0 Å². The maximum atomic E-state index is 6.10. The maximum absolute atomic E-state index is 6.10. The van der Waals surface area contributed by atoms with Crippen LogP contribution in [0.4, 0.5) is 0 Å². The van der Waals surface area contributed by atoms with Crippen molar-refractivity contribution in [3.8, 4) is 11.5 Å². The van der Waals surface area contributed by atoms with Gasteiger partial charge in [0.05, 0.1) is 19.1 Å². The molecule has 0 radical (unpaired) electrons. The molecule has 2 rings (SSSR count). The standard InChI is InChI=1S/C15H21ClO2/c1-11-3-6-13(7-4-11)18-15-9-14(17-2)8-5-12(15)10-16/h5,8-9,11,13H,3-4,6-7,10H2,1-2H3. The fraction of sp³-hybridized carbons (Fsp3) is 0.600. The first-order valence-corrected chi connectivity index (χ1v) is 7.16. The molecule has 1 aromatic carbocycles. The molecular formula is C15H21ClO2. The van der Waals surface area contributed by atoms with E-state index in [1.807, 2.05) is 18.2 Å². The van der Waals surface area contributed by atoms with Gasteiger partial charge in [-0.25, -0.2) is 0 Å². The van der Waals surface area contributed by atoms with E-state index in [4.69, 9.17) is 21.1 Å². The zero-order valence-corrected chi connectivity index (χ0v) is 11.9. The highest BCUT2D eigenvalue weighted by Gasteiger charge is 2.20. The van der Waals surface area contributed by atoms with E-state index in [-0.39, 0.29) is 0 Å². The van der Waals surface area contributed by atoms with Crippen LogP contribution in [0.5, 0.6) is 11.5 Å². The highest BCUT2D eigenvalue weighted by Crippen LogP contribution is 2.31. The second-order valence-corrected chi connectivity index (χ2v) is 5.37. The second-order valence-electron chi connectivity index (χ2n) is 5.11. The van der Waals surface area contributed by atoms with Crippen LogP contribution in [0.25, 0.3) is 0 Å². The number of ether oxygens (including phenoxy) is 2. The second kappa shape index (κ2) is 6.33. The van der Waals surface area contributed by atoms with E-state index >= 15 is 0 Å². The molecule has 0 saturated heterocycles. The van der Waals surface area contributed by atoms with Gasteiger partial charge in [-0.2, -0.15) is 0 Å². The van der Waals surface area contributed by atoms with Crippen LogP contribution in [0.2, 0.25) is 0 Å². The summed E-state index contributed by atoms with van der Waals surface area (Å²) in [5.74, 6) is 3.01. The lowest BCUT2D eigenvalue weighted by Crippen LogP contribution is -2.23. The van der Waals surface area contributed by atoms with E-state index in [0.29, 0.717) is 12.0 Å². The molecule has 0 aromatic heterocycles. The van der Waals surface area contributed by atoms with Gasteiger partial charge in [-0.05, 0) is 37.7 Å². The van der Waals surface area contributed by atoms with Gasteiger partial charge in [-0.1, -0.05) is 13.0 Å². The molecule has 2 nitrogen and oxygen atoms in total. The van der Waals surface area contributed by atoms with Crippen molar-refractivity contribution in [1.29, 1.82) is 0 Å². The molecule has 1 saturated carbocycles. The number of halogens is 1. The molecule has 1 aliphatic rings. The molecular weight excluding hydrogens is 248 g/mol. The van der Waals surface area contributed by atoms with Crippen molar-refractivity contribution >= 4 is 11.6 Å². The van der Waals surface area contributed by atoms with Crippen molar-refractivity contribution in [3.05, 3.63) is 23.8 Å². The Bertz CT molecular complexity index is 384. The van der Waals surface area contributed by atoms with Gasteiger partial charge in [0.1, 0.15) is 11.5 Å². The average Bonchev–Trinajstić information content (AvgIpc) is 2.41. The van der Waals surface area contributed by atoms with Crippen molar-refractivity contribution in [2.24, 2.45) is 5.92 Å². The Labute approximate surface area is 114 Å². The molecule has 0 bridgehead atoms. The minimum Gasteiger partial charge on any atom is -0.497 e. The molecule has 0 N–H and O–H groups in total. The number of hydrogen-bond acceptors (Lipinski definition) is 2. The average molecular weight is 269 g/mol. The summed E-state index contributed by atoms with van der Waals surface area (Å²) in [4.78, 5) is 0. The quantitative estimate of drug-likeness (QED) is 0.754. The van der Waals surface area contributed by atoms with Crippen LogP contribution in [0, 0.1) is 5.92 Å². The van der Waals surface area contributed by atoms with Gasteiger partial charge >= 0.3 is 0 Å². The van der Waals surface area contributed by atoms with Crippen LogP contribution in [0.1, 0.15) is 38.2 Å². The van der Waals surface area contributed by atoms with Gasteiger partial charge in [-0.15, -0.1) is 11.6 Å². The smallest absolute Gasteiger partial charge is 0.127 e. The van der Waals surface area contributed by atoms with Crippen molar-refractivity contribution in [3.63, 3.8) is 0 Å². The normalized spacial score (nSPS) is 23.7. The zero-order chi connectivity index (χ0) is 13.0. The third-order valence-corrected chi connectivity index (χ3v) is 3.96. The molecule has 0 atom stereocenters. The van der Waals surface area contributed by atoms with Crippen molar-refractivity contribution in [1.82, 2.24) is 0 Å². The lowest BCUT2D eigenvalue weighted by atomic mass is 9.89. The molecule has 0 spiro atoms. The third-order valence-electron chi connectivity index (χ3n) is 3.67. The molecule has 0 aliphatic heterocycles. The van der Waals surface area contributed by atoms with Crippen LogP contribution in [-0.2, 0) is 5.88 Å². The lowest BCUT2D eigenvalue weighted by Gasteiger charge is -2.27. The summed E-state index contributed by atoms with van der Waals surface area (Å²) in [6.45, 7) is 2.31. The highest BCUT2D eigenvalue weighted by molar-refractivity contribution is 6.17. The van der Waals surface area contributed by atoms with E-state index in [2.05, 4.69) is 6.92 Å². The number of methoxy groups -OCH3 is 1. The van der Waals surface area contributed by atoms with Gasteiger partial charge in [0.15, 0.2) is 0 Å². The first kappa shape index (κ1) is 13.5. The van der Waals surface area contributed by atoms with Crippen molar-refractivity contribution < 1.29 is 9.47 Å². The molecule has 1 aromatic rings. The summed E-state index contributed by atoms with van der Waals surface area (Å²) in [5, 5.41) is 0. The summed E-state index contributed by atoms with van der Waals surface area (Å²) >= 11 is 5.95. The SMILES string of the molecule is COc1ccc(CCl)c(OC2CCC(C)CC2)c1. The number of alkyl halides is 1. The molecule has 100 valence electrons. The maximum Gasteiger partial charge on any atom is 0.127 e. The molecule has 0 heterocycles. The van der Waals surface area contributed by atoms with Crippen LogP contribution in [0.15, 0.2) is 18.2 Å². The number of benzene rings is 1. The Morgan fingerprint density at radius 2 is 1.94 bits per heavy atom. The Morgan fingerprint density at radius 3 is 2.56 bits per heavy atom. The fourth-order valence-electron chi connectivity index (χ4n) is 2.41. The predicted octanol–water partition coefficient (Wildman–Crippen LogP) is 4.39. The number of rotatable bonds is 4. The Hall–Kier alpha value is -0.890. The highest BCUT2D eigenvalue weighted by atomic mass is 35.5. The van der Waals surface area contributed by atoms with E-state index in [1.54, 1.807) is 7.11 Å². The summed E-state index contributed by atoms with van der Waals surface area (Å²) in [6, 6.07) is 5.84. The van der Waals surface area contributed by atoms with Crippen LogP contribution in [-0.4, -0.2) is 13.2 Å². The Balaban J connectivity index is 2.07. The minimum absolute atomic E-state index is 0.329. The summed E-state index contributed by atoms with van der Waals surface area (Å²) in [7, 11) is 1.67. The monoisotopic (exact) mass is 268 g/mol. The third kappa shape index (κ3) is 3.32. The topological polar surface area (TPSA) is 18.5 Å². The largest absolute Gasteiger partial charge is 0.497 e. The Kier molecular flexibility index (Phi) is 4.76. The minimum atomic E-state index is 0.329. The molecule has 0 unspecified atom stereocenters. The van der Waals surface area contributed by atoms with Gasteiger partial charge in [0.2, 0.25) is 0 Å². The van der Waals surface area contributed by atoms with Crippen LogP contribution in [0.3, 0.4) is 0 Å². The van der Waals surface area contributed by atoms with Gasteiger partial charge < -0.3 is 9.47 Å². The first-order chi connectivity index (χ1) is 8.72. The summed E-state index contributed by atoms with van der Waals surface area (Å²) in [5.41, 5.74) is 1.04. The fourth-order valence-corrected chi connectivity index (χ4v) is 2.63. The van der Waals surface area contributed by atoms with Crippen molar-refractivity contribution in [2.45, 2.75) is 44.6 Å². The molecule has 1 aliphatic carbocycles. The first-order valence-electron chi connectivity index (χ1n) is 6.62. The van der Waals surface area contributed by atoms with Gasteiger partial charge in [0, 0.05) is 11.6 Å². The number of hydrogen-bond donors (Lipinski definition) is 0. The van der Waals surface area contributed by atoms with Crippen LogP contribution >= 0.6 is 11.6 Å². The van der Waals surface area contributed by atoms with Crippen molar-refractivity contribution in [2.75, 3.05) is 7.11 Å². The van der Waals surface area contributed by atoms with E-state index < -0.39 is 0 Å². The molecule has 18 heavy (non-hydrogen) atoms. The summed E-state index contributed by atoms with van der Waals surface area (Å²) in [6.07, 6.45) is 5.12. The van der Waals surface area contributed by atoms with E-state index in [0.717, 1.165) is 35.8 Å². The Morgan fingerprint density at radius 1 is 1.22 bits per heavy atom. The molecule has 3 heteroatoms. The molecule has 0 amide bonds. The van der Waals surface area contributed by atoms with Gasteiger partial charge in [-0.3, -0.25) is 0 Å². The van der Waals surface area contributed by atoms with Crippen LogP contribution < -0.4 is 9.47 Å². The predicted molar refractivity (Wildman–Crippen MR) is 74.6 cm³/mol. The van der Waals surface area contributed by atoms with E-state index in [1.165, 1.54) is 12.8 Å². The summed E-state index contributed by atoms with van der Waals surface area (Å²) < 4.78 is 11.3. The van der Waals surface area contributed by atoms with E-state index in [9.17, 15) is 0 Å². The lowest BCUT2D eigenvalue weighted by molar-refractivity contribution is 0.134.